The Morgan fingerprint density at radius 1 is 1.53 bits per heavy atom. The highest BCUT2D eigenvalue weighted by molar-refractivity contribution is 5.74. The Kier molecular flexibility index (Phi) is 7.25. The van der Waals surface area contributed by atoms with Crippen LogP contribution in [-0.4, -0.2) is 30.7 Å². The van der Waals surface area contributed by atoms with Gasteiger partial charge in [-0.3, -0.25) is 4.98 Å². The van der Waals surface area contributed by atoms with Crippen LogP contribution in [0.3, 0.4) is 0 Å². The van der Waals surface area contributed by atoms with Crippen molar-refractivity contribution in [2.75, 3.05) is 13.7 Å². The summed E-state index contributed by atoms with van der Waals surface area (Å²) in [5.41, 5.74) is 4.55. The second-order valence-electron chi connectivity index (χ2n) is 3.34. The van der Waals surface area contributed by atoms with Gasteiger partial charge in [0, 0.05) is 5.69 Å². The summed E-state index contributed by atoms with van der Waals surface area (Å²) in [7, 11) is 1.58. The number of methoxy groups -OCH3 is 1. The first-order valence-corrected chi connectivity index (χ1v) is 5.16. The average molecular weight is 261 g/mol. The van der Waals surface area contributed by atoms with E-state index < -0.39 is 6.04 Å². The molecule has 5 nitrogen and oxygen atoms in total. The summed E-state index contributed by atoms with van der Waals surface area (Å²) in [5, 5.41) is 0. The lowest BCUT2D eigenvalue weighted by atomic mass is 10.1. The molecule has 0 amide bonds. The standard InChI is InChI=1S/C11H16N2O3.ClH/c1-3-16-11(14)10(12)6-8-4-5-9(15-2)7-13-8;/h4-5,7,10H,3,6,12H2,1-2H3;1H. The first kappa shape index (κ1) is 15.7. The van der Waals surface area contributed by atoms with E-state index in [4.69, 9.17) is 9.47 Å². The summed E-state index contributed by atoms with van der Waals surface area (Å²) in [6.07, 6.45) is 2.09. The normalized spacial score (nSPS) is 11.2. The van der Waals surface area contributed by atoms with Gasteiger partial charge in [0.15, 0.2) is 6.04 Å². The summed E-state index contributed by atoms with van der Waals surface area (Å²) in [6.45, 7) is 2.15. The number of nitrogens with zero attached hydrogens (tertiary/aromatic N) is 1. The minimum absolute atomic E-state index is 0. The number of esters is 1. The van der Waals surface area contributed by atoms with E-state index in [1.54, 1.807) is 26.3 Å². The van der Waals surface area contributed by atoms with Crippen molar-refractivity contribution in [2.24, 2.45) is 0 Å². The minimum atomic E-state index is -0.416. The van der Waals surface area contributed by atoms with Crippen molar-refractivity contribution in [2.45, 2.75) is 19.4 Å². The van der Waals surface area contributed by atoms with Gasteiger partial charge in [-0.1, -0.05) is 0 Å². The number of halogens is 1. The maximum absolute atomic E-state index is 11.3. The second-order valence-corrected chi connectivity index (χ2v) is 3.34. The van der Waals surface area contributed by atoms with E-state index in [2.05, 4.69) is 10.7 Å². The topological polar surface area (TPSA) is 76.1 Å². The second kappa shape index (κ2) is 7.86. The fourth-order valence-corrected chi connectivity index (χ4v) is 1.25. The highest BCUT2D eigenvalue weighted by atomic mass is 35.5. The lowest BCUT2D eigenvalue weighted by Crippen LogP contribution is -3.00. The molecule has 96 valence electrons. The Labute approximate surface area is 107 Å². The number of carbonyl (C=O) groups excluding carboxylic acids is 1. The Hall–Kier alpha value is -1.33. The van der Waals surface area contributed by atoms with Crippen molar-refractivity contribution < 1.29 is 32.4 Å². The molecule has 0 aliphatic heterocycles. The maximum atomic E-state index is 11.3. The summed E-state index contributed by atoms with van der Waals surface area (Å²) >= 11 is 0. The average Bonchev–Trinajstić information content (AvgIpc) is 2.30. The van der Waals surface area contributed by atoms with Gasteiger partial charge in [-0.2, -0.15) is 0 Å². The number of aromatic nitrogens is 1. The molecule has 1 unspecified atom stereocenters. The van der Waals surface area contributed by atoms with Crippen LogP contribution in [0.1, 0.15) is 12.6 Å². The molecule has 17 heavy (non-hydrogen) atoms. The van der Waals surface area contributed by atoms with Crippen molar-refractivity contribution in [3.05, 3.63) is 24.0 Å². The fourth-order valence-electron chi connectivity index (χ4n) is 1.25. The molecule has 0 saturated heterocycles. The van der Waals surface area contributed by atoms with E-state index in [0.29, 0.717) is 18.8 Å². The van der Waals surface area contributed by atoms with Crippen molar-refractivity contribution in [3.63, 3.8) is 0 Å². The van der Waals surface area contributed by atoms with Crippen LogP contribution in [0, 0.1) is 0 Å². The van der Waals surface area contributed by atoms with Crippen LogP contribution in [0.4, 0.5) is 0 Å². The Balaban J connectivity index is 0.00000256. The molecule has 1 aromatic rings. The largest absolute Gasteiger partial charge is 1.00 e. The third kappa shape index (κ3) is 5.01. The lowest BCUT2D eigenvalue weighted by Gasteiger charge is -2.07. The Bertz CT molecular complexity index is 343. The third-order valence-electron chi connectivity index (χ3n) is 2.11. The number of ether oxygens (including phenoxy) is 2. The van der Waals surface area contributed by atoms with E-state index >= 15 is 0 Å². The molecule has 1 heterocycles. The minimum Gasteiger partial charge on any atom is -1.00 e. The molecular formula is C11H17ClN2O3. The number of rotatable bonds is 5. The first-order chi connectivity index (χ1) is 7.67. The molecular weight excluding hydrogens is 244 g/mol. The Morgan fingerprint density at radius 2 is 2.24 bits per heavy atom. The van der Waals surface area contributed by atoms with Gasteiger partial charge in [-0.05, 0) is 19.1 Å². The van der Waals surface area contributed by atoms with Crippen molar-refractivity contribution >= 4 is 5.97 Å². The van der Waals surface area contributed by atoms with E-state index in [-0.39, 0.29) is 18.4 Å². The van der Waals surface area contributed by atoms with E-state index in [1.807, 2.05) is 6.07 Å². The third-order valence-corrected chi connectivity index (χ3v) is 2.11. The molecule has 0 saturated carbocycles. The molecule has 0 aromatic carbocycles. The van der Waals surface area contributed by atoms with Crippen LogP contribution in [0.5, 0.6) is 5.75 Å². The van der Waals surface area contributed by atoms with Gasteiger partial charge < -0.3 is 27.6 Å². The van der Waals surface area contributed by atoms with Crippen molar-refractivity contribution in [1.29, 1.82) is 0 Å². The lowest BCUT2D eigenvalue weighted by molar-refractivity contribution is -0.408. The number of carbonyl (C=O) groups is 1. The van der Waals surface area contributed by atoms with Crippen LogP contribution in [0.15, 0.2) is 18.3 Å². The van der Waals surface area contributed by atoms with Gasteiger partial charge in [0.25, 0.3) is 0 Å². The quantitative estimate of drug-likeness (QED) is 0.566. The van der Waals surface area contributed by atoms with Gasteiger partial charge in [0.1, 0.15) is 5.75 Å². The van der Waals surface area contributed by atoms with Crippen LogP contribution < -0.4 is 22.9 Å². The molecule has 0 aliphatic rings. The first-order valence-electron chi connectivity index (χ1n) is 5.16. The molecule has 1 rings (SSSR count). The smallest absolute Gasteiger partial charge is 0.365 e. The maximum Gasteiger partial charge on any atom is 0.365 e. The van der Waals surface area contributed by atoms with Crippen molar-refractivity contribution in [3.8, 4) is 5.75 Å². The van der Waals surface area contributed by atoms with Crippen molar-refractivity contribution in [1.82, 2.24) is 4.98 Å². The van der Waals surface area contributed by atoms with Gasteiger partial charge in [-0.25, -0.2) is 4.79 Å². The zero-order valence-corrected chi connectivity index (χ0v) is 10.7. The van der Waals surface area contributed by atoms with Gasteiger partial charge in [0.2, 0.25) is 0 Å². The van der Waals surface area contributed by atoms with E-state index in [1.165, 1.54) is 0 Å². The molecule has 0 aliphatic carbocycles. The summed E-state index contributed by atoms with van der Waals surface area (Å²) in [5.74, 6) is 0.403. The van der Waals surface area contributed by atoms with Crippen LogP contribution in [0.25, 0.3) is 0 Å². The summed E-state index contributed by atoms with van der Waals surface area (Å²) < 4.78 is 9.86. The predicted molar refractivity (Wildman–Crippen MR) is 57.8 cm³/mol. The Morgan fingerprint density at radius 3 is 2.71 bits per heavy atom. The predicted octanol–water partition coefficient (Wildman–Crippen LogP) is -3.19. The molecule has 0 bridgehead atoms. The zero-order valence-electron chi connectivity index (χ0n) is 9.98. The summed E-state index contributed by atoms with van der Waals surface area (Å²) in [6, 6.07) is 3.21. The van der Waals surface area contributed by atoms with Crippen LogP contribution >= 0.6 is 0 Å². The SMILES string of the molecule is CCOC(=O)C([NH3+])Cc1ccc(OC)cn1.[Cl-]. The highest BCUT2D eigenvalue weighted by Gasteiger charge is 2.19. The zero-order chi connectivity index (χ0) is 12.0. The molecule has 1 atom stereocenters. The molecule has 0 spiro atoms. The number of pyridine rings is 1. The summed E-state index contributed by atoms with van der Waals surface area (Å²) in [4.78, 5) is 15.5. The molecule has 6 heteroatoms. The van der Waals surface area contributed by atoms with Gasteiger partial charge in [-0.15, -0.1) is 0 Å². The van der Waals surface area contributed by atoms with E-state index in [9.17, 15) is 4.79 Å². The van der Waals surface area contributed by atoms with Crippen LogP contribution in [0.2, 0.25) is 0 Å². The van der Waals surface area contributed by atoms with Crippen LogP contribution in [-0.2, 0) is 16.0 Å². The monoisotopic (exact) mass is 260 g/mol. The number of hydrogen-bond donors (Lipinski definition) is 1. The number of quaternary nitrogens is 1. The van der Waals surface area contributed by atoms with Gasteiger partial charge >= 0.3 is 5.97 Å². The molecule has 0 fully saturated rings. The molecule has 1 aromatic heterocycles. The van der Waals surface area contributed by atoms with E-state index in [0.717, 1.165) is 5.69 Å². The number of hydrogen-bond acceptors (Lipinski definition) is 4. The highest BCUT2D eigenvalue weighted by Crippen LogP contribution is 2.08. The van der Waals surface area contributed by atoms with Gasteiger partial charge in [0.05, 0.1) is 26.3 Å². The molecule has 0 radical (unpaired) electrons. The fraction of sp³-hybridized carbons (Fsp3) is 0.455. The molecule has 3 N–H and O–H groups in total.